The van der Waals surface area contributed by atoms with Crippen LogP contribution in [-0.2, 0) is 4.79 Å². The summed E-state index contributed by atoms with van der Waals surface area (Å²) < 4.78 is 0. The first-order valence-electron chi connectivity index (χ1n) is 9.62. The summed E-state index contributed by atoms with van der Waals surface area (Å²) in [6.07, 6.45) is 3.15. The molecule has 4 rings (SSSR count). The highest BCUT2D eigenvalue weighted by Crippen LogP contribution is 2.44. The zero-order valence-corrected chi connectivity index (χ0v) is 15.6. The summed E-state index contributed by atoms with van der Waals surface area (Å²) in [5.41, 5.74) is 2.02. The van der Waals surface area contributed by atoms with Crippen LogP contribution in [0.15, 0.2) is 6.07 Å². The van der Waals surface area contributed by atoms with Gasteiger partial charge in [-0.05, 0) is 45.7 Å². The Balaban J connectivity index is 1.48. The Labute approximate surface area is 150 Å². The maximum atomic E-state index is 12.5. The number of piperidine rings is 1. The van der Waals surface area contributed by atoms with E-state index < -0.39 is 0 Å². The monoisotopic (exact) mass is 343 g/mol. The highest BCUT2D eigenvalue weighted by atomic mass is 16.2. The van der Waals surface area contributed by atoms with E-state index in [1.807, 2.05) is 19.9 Å². The average molecular weight is 343 g/mol. The van der Waals surface area contributed by atoms with Crippen molar-refractivity contribution in [3.63, 3.8) is 0 Å². The van der Waals surface area contributed by atoms with Crippen LogP contribution in [0.2, 0.25) is 0 Å². The number of hydrogen-bond donors (Lipinski definition) is 1. The van der Waals surface area contributed by atoms with Gasteiger partial charge in [0.15, 0.2) is 0 Å². The van der Waals surface area contributed by atoms with Crippen molar-refractivity contribution in [2.75, 3.05) is 37.6 Å². The number of nitrogens with zero attached hydrogens (tertiary/aromatic N) is 4. The lowest BCUT2D eigenvalue weighted by Gasteiger charge is -2.42. The molecule has 3 fully saturated rings. The van der Waals surface area contributed by atoms with Gasteiger partial charge in [-0.25, -0.2) is 9.97 Å². The van der Waals surface area contributed by atoms with Crippen molar-refractivity contribution in [2.45, 2.75) is 45.6 Å². The maximum absolute atomic E-state index is 12.5. The zero-order chi connectivity index (χ0) is 17.6. The molecular weight excluding hydrogens is 314 g/mol. The third kappa shape index (κ3) is 2.90. The van der Waals surface area contributed by atoms with Crippen LogP contribution in [-0.4, -0.2) is 59.0 Å². The van der Waals surface area contributed by atoms with Gasteiger partial charge in [0, 0.05) is 49.0 Å². The van der Waals surface area contributed by atoms with Crippen LogP contribution in [0.4, 0.5) is 5.95 Å². The van der Waals surface area contributed by atoms with Crippen molar-refractivity contribution >= 4 is 11.9 Å². The molecule has 0 bridgehead atoms. The molecule has 3 saturated heterocycles. The summed E-state index contributed by atoms with van der Waals surface area (Å²) in [5, 5.41) is 3.40. The van der Waals surface area contributed by atoms with Crippen LogP contribution < -0.4 is 10.2 Å². The van der Waals surface area contributed by atoms with Crippen LogP contribution in [0, 0.1) is 25.7 Å². The number of likely N-dealkylation sites (tertiary alicyclic amines) is 1. The lowest BCUT2D eigenvalue weighted by molar-refractivity contribution is -0.123. The Morgan fingerprint density at radius 1 is 1.20 bits per heavy atom. The van der Waals surface area contributed by atoms with E-state index in [9.17, 15) is 4.79 Å². The Bertz CT molecular complexity index is 648. The molecule has 0 saturated carbocycles. The topological polar surface area (TPSA) is 61.4 Å². The number of fused-ring (bicyclic) bond motifs is 2. The molecule has 2 atom stereocenters. The van der Waals surface area contributed by atoms with Crippen molar-refractivity contribution < 1.29 is 4.79 Å². The third-order valence-corrected chi connectivity index (χ3v) is 6.26. The van der Waals surface area contributed by atoms with Gasteiger partial charge >= 0.3 is 0 Å². The van der Waals surface area contributed by atoms with Gasteiger partial charge in [-0.15, -0.1) is 0 Å². The van der Waals surface area contributed by atoms with E-state index in [1.165, 1.54) is 0 Å². The maximum Gasteiger partial charge on any atom is 0.225 e. The minimum atomic E-state index is -0.0143. The fourth-order valence-electron chi connectivity index (χ4n) is 5.09. The van der Waals surface area contributed by atoms with E-state index >= 15 is 0 Å². The first-order valence-corrected chi connectivity index (χ1v) is 9.62. The Kier molecular flexibility index (Phi) is 4.18. The normalized spacial score (nSPS) is 28.4. The molecule has 0 unspecified atom stereocenters. The van der Waals surface area contributed by atoms with Crippen LogP contribution >= 0.6 is 0 Å². The smallest absolute Gasteiger partial charge is 0.225 e. The summed E-state index contributed by atoms with van der Waals surface area (Å²) in [4.78, 5) is 26.5. The standard InChI is InChI=1S/C19H29N5O/c1-4-7-23-11-15-16(12-23)19(22-17(15)25)5-8-24(9-6-19)18-20-13(2)10-14(3)21-18/h10,15-16H,4-9,11-12H2,1-3H3,(H,22,25)/t15-,16-/m0/s1. The molecule has 1 aromatic heterocycles. The van der Waals surface area contributed by atoms with E-state index in [4.69, 9.17) is 0 Å². The summed E-state index contributed by atoms with van der Waals surface area (Å²) >= 11 is 0. The molecule has 1 aromatic rings. The van der Waals surface area contributed by atoms with Gasteiger partial charge in [0.1, 0.15) is 0 Å². The first-order chi connectivity index (χ1) is 12.0. The average Bonchev–Trinajstić information content (AvgIpc) is 3.08. The number of rotatable bonds is 3. The van der Waals surface area contributed by atoms with Crippen molar-refractivity contribution in [1.29, 1.82) is 0 Å². The van der Waals surface area contributed by atoms with Gasteiger partial charge in [0.25, 0.3) is 0 Å². The van der Waals surface area contributed by atoms with Gasteiger partial charge in [-0.1, -0.05) is 6.92 Å². The summed E-state index contributed by atoms with van der Waals surface area (Å²) in [5.74, 6) is 1.77. The second-order valence-electron chi connectivity index (χ2n) is 8.06. The number of anilines is 1. The second kappa shape index (κ2) is 6.24. The van der Waals surface area contributed by atoms with Gasteiger partial charge in [0.2, 0.25) is 11.9 Å². The zero-order valence-electron chi connectivity index (χ0n) is 15.6. The van der Waals surface area contributed by atoms with E-state index in [-0.39, 0.29) is 17.4 Å². The van der Waals surface area contributed by atoms with Crippen LogP contribution in [0.1, 0.15) is 37.6 Å². The summed E-state index contributed by atoms with van der Waals surface area (Å²) in [6.45, 7) is 11.2. The van der Waals surface area contributed by atoms with E-state index in [0.717, 1.165) is 69.3 Å². The van der Waals surface area contributed by atoms with Gasteiger partial charge in [-0.3, -0.25) is 4.79 Å². The van der Waals surface area contributed by atoms with Crippen LogP contribution in [0.3, 0.4) is 0 Å². The molecule has 0 aliphatic carbocycles. The Morgan fingerprint density at radius 3 is 2.52 bits per heavy atom. The van der Waals surface area contributed by atoms with Crippen molar-refractivity contribution in [1.82, 2.24) is 20.2 Å². The minimum Gasteiger partial charge on any atom is -0.350 e. The molecule has 0 radical (unpaired) electrons. The molecule has 3 aliphatic rings. The third-order valence-electron chi connectivity index (χ3n) is 6.26. The highest BCUT2D eigenvalue weighted by Gasteiger charge is 2.57. The SMILES string of the molecule is CCCN1C[C@@H]2C(=O)NC3(CCN(c4nc(C)cc(C)n4)CC3)[C@H]2C1. The minimum absolute atomic E-state index is 0.0143. The predicted molar refractivity (Wildman–Crippen MR) is 97.5 cm³/mol. The van der Waals surface area contributed by atoms with Crippen molar-refractivity contribution in [3.8, 4) is 0 Å². The Hall–Kier alpha value is -1.69. The Morgan fingerprint density at radius 2 is 1.88 bits per heavy atom. The molecule has 4 heterocycles. The quantitative estimate of drug-likeness (QED) is 0.902. The molecule has 3 aliphatic heterocycles. The van der Waals surface area contributed by atoms with E-state index in [1.54, 1.807) is 0 Å². The number of amides is 1. The molecule has 6 heteroatoms. The molecule has 25 heavy (non-hydrogen) atoms. The van der Waals surface area contributed by atoms with Gasteiger partial charge in [-0.2, -0.15) is 0 Å². The number of nitrogens with one attached hydrogen (secondary N) is 1. The summed E-state index contributed by atoms with van der Waals surface area (Å²) in [6, 6.07) is 2.01. The number of carbonyl (C=O) groups excluding carboxylic acids is 1. The lowest BCUT2D eigenvalue weighted by atomic mass is 9.75. The summed E-state index contributed by atoms with van der Waals surface area (Å²) in [7, 11) is 0. The highest BCUT2D eigenvalue weighted by molar-refractivity contribution is 5.83. The molecule has 6 nitrogen and oxygen atoms in total. The molecular formula is C19H29N5O. The van der Waals surface area contributed by atoms with Gasteiger partial charge in [0.05, 0.1) is 5.92 Å². The predicted octanol–water partition coefficient (Wildman–Crippen LogP) is 1.52. The number of aromatic nitrogens is 2. The van der Waals surface area contributed by atoms with E-state index in [0.29, 0.717) is 5.92 Å². The van der Waals surface area contributed by atoms with Crippen LogP contribution in [0.25, 0.3) is 0 Å². The lowest BCUT2D eigenvalue weighted by Crippen LogP contribution is -2.55. The number of carbonyl (C=O) groups is 1. The molecule has 136 valence electrons. The molecule has 1 spiro atoms. The fraction of sp³-hybridized carbons (Fsp3) is 0.737. The number of aryl methyl sites for hydroxylation is 2. The first kappa shape index (κ1) is 16.8. The fourth-order valence-corrected chi connectivity index (χ4v) is 5.09. The molecule has 1 amide bonds. The molecule has 1 N–H and O–H groups in total. The van der Waals surface area contributed by atoms with Crippen molar-refractivity contribution in [2.24, 2.45) is 11.8 Å². The largest absolute Gasteiger partial charge is 0.350 e. The van der Waals surface area contributed by atoms with Gasteiger partial charge < -0.3 is 15.1 Å². The second-order valence-corrected chi connectivity index (χ2v) is 8.06. The van der Waals surface area contributed by atoms with Crippen LogP contribution in [0.5, 0.6) is 0 Å². The van der Waals surface area contributed by atoms with Crippen molar-refractivity contribution in [3.05, 3.63) is 17.5 Å². The van der Waals surface area contributed by atoms with E-state index in [2.05, 4.69) is 32.0 Å². The molecule has 0 aromatic carbocycles. The number of hydrogen-bond acceptors (Lipinski definition) is 5.